The van der Waals surface area contributed by atoms with Gasteiger partial charge in [0.05, 0.1) is 4.90 Å². The molecule has 0 unspecified atom stereocenters. The Morgan fingerprint density at radius 1 is 1.40 bits per heavy atom. The molecule has 0 aromatic carbocycles. The van der Waals surface area contributed by atoms with Gasteiger partial charge in [-0.05, 0) is 35.0 Å². The van der Waals surface area contributed by atoms with Gasteiger partial charge >= 0.3 is 0 Å². The summed E-state index contributed by atoms with van der Waals surface area (Å²) in [6.45, 7) is 2.89. The van der Waals surface area contributed by atoms with Crippen LogP contribution in [0, 0.1) is 0 Å². The maximum atomic E-state index is 12.2. The molecule has 2 N–H and O–H groups in total. The van der Waals surface area contributed by atoms with Crippen molar-refractivity contribution in [2.24, 2.45) is 0 Å². The normalized spacial score (nSPS) is 11.5. The lowest BCUT2D eigenvalue weighted by Crippen LogP contribution is -2.23. The number of aromatic nitrogens is 1. The molecule has 0 bridgehead atoms. The first-order valence-electron chi connectivity index (χ1n) is 5.94. The third-order valence-electron chi connectivity index (χ3n) is 2.46. The number of anilines is 1. The van der Waals surface area contributed by atoms with E-state index in [1.54, 1.807) is 0 Å². The van der Waals surface area contributed by atoms with Crippen molar-refractivity contribution in [1.82, 2.24) is 9.71 Å². The maximum Gasteiger partial charge on any atom is 0.241 e. The van der Waals surface area contributed by atoms with E-state index in [2.05, 4.69) is 31.0 Å². The molecule has 0 spiro atoms. The first-order chi connectivity index (χ1) is 9.51. The molecule has 5 nitrogen and oxygen atoms in total. The highest BCUT2D eigenvalue weighted by molar-refractivity contribution is 9.10. The average molecular weight is 376 g/mol. The number of pyridine rings is 1. The van der Waals surface area contributed by atoms with Gasteiger partial charge in [-0.15, -0.1) is 11.3 Å². The molecule has 0 aliphatic carbocycles. The summed E-state index contributed by atoms with van der Waals surface area (Å²) >= 11 is 4.84. The van der Waals surface area contributed by atoms with E-state index in [-0.39, 0.29) is 11.4 Å². The SMILES string of the molecule is CCNc1cc(S(=O)(=O)NCc2cc(Br)cs2)ccn1. The summed E-state index contributed by atoms with van der Waals surface area (Å²) in [6.07, 6.45) is 1.48. The van der Waals surface area contributed by atoms with Crippen LogP contribution in [0.25, 0.3) is 0 Å². The van der Waals surface area contributed by atoms with Gasteiger partial charge in [0.2, 0.25) is 10.0 Å². The number of nitrogens with zero attached hydrogens (tertiary/aromatic N) is 1. The zero-order chi connectivity index (χ0) is 14.6. The lowest BCUT2D eigenvalue weighted by atomic mass is 10.4. The molecule has 0 aliphatic heterocycles. The Morgan fingerprint density at radius 3 is 2.85 bits per heavy atom. The van der Waals surface area contributed by atoms with E-state index in [1.807, 2.05) is 18.4 Å². The Kier molecular flexibility index (Phi) is 5.14. The molecule has 0 fully saturated rings. The van der Waals surface area contributed by atoms with Crippen molar-refractivity contribution in [3.05, 3.63) is 39.1 Å². The average Bonchev–Trinajstić information content (AvgIpc) is 2.83. The molecule has 2 aromatic heterocycles. The van der Waals surface area contributed by atoms with Crippen molar-refractivity contribution < 1.29 is 8.42 Å². The van der Waals surface area contributed by atoms with Crippen LogP contribution in [0.4, 0.5) is 5.82 Å². The number of nitrogens with one attached hydrogen (secondary N) is 2. The van der Waals surface area contributed by atoms with Gasteiger partial charge in [-0.25, -0.2) is 18.1 Å². The first-order valence-corrected chi connectivity index (χ1v) is 9.09. The Morgan fingerprint density at radius 2 is 2.20 bits per heavy atom. The Balaban J connectivity index is 2.11. The predicted octanol–water partition coefficient (Wildman–Crippen LogP) is 2.82. The summed E-state index contributed by atoms with van der Waals surface area (Å²) in [6, 6.07) is 4.90. The zero-order valence-corrected chi connectivity index (χ0v) is 14.0. The van der Waals surface area contributed by atoms with E-state index in [4.69, 9.17) is 0 Å². The van der Waals surface area contributed by atoms with E-state index in [0.29, 0.717) is 12.4 Å². The van der Waals surface area contributed by atoms with Gasteiger partial charge in [0.1, 0.15) is 5.82 Å². The topological polar surface area (TPSA) is 71.1 Å². The molecule has 2 heterocycles. The summed E-state index contributed by atoms with van der Waals surface area (Å²) in [7, 11) is -3.53. The lowest BCUT2D eigenvalue weighted by molar-refractivity contribution is 0.581. The molecule has 0 radical (unpaired) electrons. The highest BCUT2D eigenvalue weighted by Crippen LogP contribution is 2.20. The highest BCUT2D eigenvalue weighted by Gasteiger charge is 2.15. The summed E-state index contributed by atoms with van der Waals surface area (Å²) < 4.78 is 27.9. The third-order valence-corrected chi connectivity index (χ3v) is 5.55. The third kappa shape index (κ3) is 4.02. The monoisotopic (exact) mass is 375 g/mol. The molecular weight excluding hydrogens is 362 g/mol. The number of sulfonamides is 1. The molecule has 108 valence electrons. The van der Waals surface area contributed by atoms with Crippen LogP contribution in [0.3, 0.4) is 0 Å². The molecular formula is C12H14BrN3O2S2. The first kappa shape index (κ1) is 15.4. The molecule has 8 heteroatoms. The van der Waals surface area contributed by atoms with Crippen LogP contribution in [0.5, 0.6) is 0 Å². The summed E-state index contributed by atoms with van der Waals surface area (Å²) in [5.41, 5.74) is 0. The van der Waals surface area contributed by atoms with Gasteiger partial charge in [0.15, 0.2) is 0 Å². The lowest BCUT2D eigenvalue weighted by Gasteiger charge is -2.07. The predicted molar refractivity (Wildman–Crippen MR) is 84.4 cm³/mol. The van der Waals surface area contributed by atoms with Gasteiger partial charge in [0, 0.05) is 40.1 Å². The minimum absolute atomic E-state index is 0.207. The van der Waals surface area contributed by atoms with E-state index < -0.39 is 10.0 Å². The van der Waals surface area contributed by atoms with E-state index in [0.717, 1.165) is 9.35 Å². The zero-order valence-electron chi connectivity index (χ0n) is 10.8. The fourth-order valence-corrected chi connectivity index (χ4v) is 4.05. The molecule has 0 saturated carbocycles. The number of hydrogen-bond donors (Lipinski definition) is 2. The fourth-order valence-electron chi connectivity index (χ4n) is 1.55. The molecule has 20 heavy (non-hydrogen) atoms. The van der Waals surface area contributed by atoms with Crippen molar-refractivity contribution >= 4 is 43.1 Å². The fraction of sp³-hybridized carbons (Fsp3) is 0.250. The summed E-state index contributed by atoms with van der Waals surface area (Å²) in [5, 5.41) is 4.91. The standard InChI is InChI=1S/C12H14BrN3O2S2/c1-2-14-12-6-11(3-4-15-12)20(17,18)16-7-10-5-9(13)8-19-10/h3-6,8,16H,2,7H2,1H3,(H,14,15). The van der Waals surface area contributed by atoms with Crippen LogP contribution in [0.1, 0.15) is 11.8 Å². The second-order valence-electron chi connectivity index (χ2n) is 3.96. The van der Waals surface area contributed by atoms with E-state index in [9.17, 15) is 8.42 Å². The largest absolute Gasteiger partial charge is 0.370 e. The second kappa shape index (κ2) is 6.66. The van der Waals surface area contributed by atoms with Gasteiger partial charge in [-0.2, -0.15) is 0 Å². The molecule has 2 aromatic rings. The van der Waals surface area contributed by atoms with Crippen molar-refractivity contribution in [1.29, 1.82) is 0 Å². The molecule has 0 atom stereocenters. The van der Waals surface area contributed by atoms with Gasteiger partial charge in [-0.3, -0.25) is 0 Å². The Hall–Kier alpha value is -0.960. The number of halogens is 1. The molecule has 2 rings (SSSR count). The minimum Gasteiger partial charge on any atom is -0.370 e. The van der Waals surface area contributed by atoms with Crippen LogP contribution in [0.2, 0.25) is 0 Å². The number of hydrogen-bond acceptors (Lipinski definition) is 5. The van der Waals surface area contributed by atoms with Crippen molar-refractivity contribution in [3.8, 4) is 0 Å². The molecule has 0 aliphatic rings. The van der Waals surface area contributed by atoms with Gasteiger partial charge in [-0.1, -0.05) is 0 Å². The number of rotatable bonds is 6. The second-order valence-corrected chi connectivity index (χ2v) is 7.64. The summed E-state index contributed by atoms with van der Waals surface area (Å²) in [5.74, 6) is 0.550. The minimum atomic E-state index is -3.53. The van der Waals surface area contributed by atoms with E-state index >= 15 is 0 Å². The van der Waals surface area contributed by atoms with Crippen LogP contribution >= 0.6 is 27.3 Å². The van der Waals surface area contributed by atoms with Crippen molar-refractivity contribution in [3.63, 3.8) is 0 Å². The molecule has 0 saturated heterocycles. The van der Waals surface area contributed by atoms with Crippen LogP contribution in [-0.2, 0) is 16.6 Å². The number of thiophene rings is 1. The van der Waals surface area contributed by atoms with Gasteiger partial charge < -0.3 is 5.32 Å². The highest BCUT2D eigenvalue weighted by atomic mass is 79.9. The van der Waals surface area contributed by atoms with Crippen LogP contribution in [-0.4, -0.2) is 19.9 Å². The molecule has 0 amide bonds. The van der Waals surface area contributed by atoms with Crippen LogP contribution in [0.15, 0.2) is 39.1 Å². The Labute approximate surface area is 130 Å². The Bertz CT molecular complexity index is 686. The quantitative estimate of drug-likeness (QED) is 0.814. The maximum absolute atomic E-state index is 12.2. The van der Waals surface area contributed by atoms with Gasteiger partial charge in [0.25, 0.3) is 0 Å². The van der Waals surface area contributed by atoms with Crippen LogP contribution < -0.4 is 10.0 Å². The van der Waals surface area contributed by atoms with Crippen molar-refractivity contribution in [2.75, 3.05) is 11.9 Å². The van der Waals surface area contributed by atoms with E-state index in [1.165, 1.54) is 29.7 Å². The van der Waals surface area contributed by atoms with Crippen molar-refractivity contribution in [2.45, 2.75) is 18.4 Å². The smallest absolute Gasteiger partial charge is 0.241 e. The summed E-state index contributed by atoms with van der Waals surface area (Å²) in [4.78, 5) is 5.21.